The first kappa shape index (κ1) is 20.2. The molecule has 0 aliphatic heterocycles. The molecular formula is C19H24NO5P. The van der Waals surface area contributed by atoms with Crippen LogP contribution in [0.2, 0.25) is 0 Å². The highest BCUT2D eigenvalue weighted by atomic mass is 31.2. The molecule has 0 aliphatic carbocycles. The smallest absolute Gasteiger partial charge is 0.408 e. The third-order valence-electron chi connectivity index (χ3n) is 3.52. The molecule has 140 valence electrons. The van der Waals surface area contributed by atoms with Gasteiger partial charge in [-0.1, -0.05) is 60.7 Å². The predicted molar refractivity (Wildman–Crippen MR) is 99.8 cm³/mol. The molecule has 0 aromatic heterocycles. The summed E-state index contributed by atoms with van der Waals surface area (Å²) in [4.78, 5) is 12.3. The van der Waals surface area contributed by atoms with Gasteiger partial charge in [0.2, 0.25) is 0 Å². The largest absolute Gasteiger partial charge is 0.445 e. The van der Waals surface area contributed by atoms with Gasteiger partial charge in [0.25, 0.3) is 0 Å². The van der Waals surface area contributed by atoms with Crippen LogP contribution >= 0.6 is 7.60 Å². The summed E-state index contributed by atoms with van der Waals surface area (Å²) in [6.45, 7) is 3.95. The number of carbonyl (C=O) groups excluding carboxylic acids is 1. The monoisotopic (exact) mass is 377 g/mol. The van der Waals surface area contributed by atoms with E-state index in [2.05, 4.69) is 5.32 Å². The van der Waals surface area contributed by atoms with Crippen molar-refractivity contribution in [3.8, 4) is 0 Å². The summed E-state index contributed by atoms with van der Waals surface area (Å²) >= 11 is 0. The number of nitrogens with one attached hydrogen (secondary N) is 1. The van der Waals surface area contributed by atoms with Crippen molar-refractivity contribution in [1.82, 2.24) is 5.32 Å². The van der Waals surface area contributed by atoms with Gasteiger partial charge in [-0.15, -0.1) is 0 Å². The summed E-state index contributed by atoms with van der Waals surface area (Å²) < 4.78 is 29.3. The molecule has 0 spiro atoms. The summed E-state index contributed by atoms with van der Waals surface area (Å²) in [5.74, 6) is -0.952. The molecule has 6 nitrogen and oxygen atoms in total. The van der Waals surface area contributed by atoms with Crippen LogP contribution in [0, 0.1) is 0 Å². The SMILES string of the molecule is CCOP(=O)(OCC)C(NC(=O)OCc1ccccc1)c1ccccc1. The average Bonchev–Trinajstić information content (AvgIpc) is 2.66. The molecule has 0 bridgehead atoms. The van der Waals surface area contributed by atoms with E-state index in [1.165, 1.54) is 0 Å². The second-order valence-corrected chi connectivity index (χ2v) is 7.51. The summed E-state index contributed by atoms with van der Waals surface area (Å²) in [6.07, 6.45) is -0.692. The van der Waals surface area contributed by atoms with E-state index in [1.54, 1.807) is 38.1 Å². The lowest BCUT2D eigenvalue weighted by Crippen LogP contribution is -2.30. The quantitative estimate of drug-likeness (QED) is 0.631. The molecule has 2 rings (SSSR count). The van der Waals surface area contributed by atoms with Crippen LogP contribution in [0.15, 0.2) is 60.7 Å². The summed E-state index contributed by atoms with van der Waals surface area (Å²) in [7, 11) is -3.61. The van der Waals surface area contributed by atoms with Crippen LogP contribution in [0.3, 0.4) is 0 Å². The molecule has 26 heavy (non-hydrogen) atoms. The predicted octanol–water partition coefficient (Wildman–Crippen LogP) is 4.88. The van der Waals surface area contributed by atoms with Crippen molar-refractivity contribution in [2.24, 2.45) is 0 Å². The molecule has 0 heterocycles. The zero-order valence-corrected chi connectivity index (χ0v) is 15.9. The molecule has 0 saturated heterocycles. The Labute approximate surface area is 154 Å². The Bertz CT molecular complexity index is 713. The standard InChI is InChI=1S/C19H24NO5P/c1-3-24-26(22,25-4-2)18(17-13-9-6-10-14-17)20-19(21)23-15-16-11-7-5-8-12-16/h5-14,18H,3-4,15H2,1-2H3,(H,20,21). The number of carbonyl (C=O) groups is 1. The van der Waals surface area contributed by atoms with E-state index in [4.69, 9.17) is 13.8 Å². The van der Waals surface area contributed by atoms with Gasteiger partial charge < -0.3 is 19.1 Å². The molecule has 0 radical (unpaired) electrons. The summed E-state index contributed by atoms with van der Waals surface area (Å²) in [6, 6.07) is 18.3. The zero-order chi connectivity index (χ0) is 18.8. The average molecular weight is 377 g/mol. The van der Waals surface area contributed by atoms with E-state index >= 15 is 0 Å². The van der Waals surface area contributed by atoms with Gasteiger partial charge in [-0.3, -0.25) is 4.57 Å². The first-order valence-corrected chi connectivity index (χ1v) is 10.1. The van der Waals surface area contributed by atoms with E-state index < -0.39 is 19.5 Å². The van der Waals surface area contributed by atoms with Gasteiger partial charge >= 0.3 is 13.7 Å². The van der Waals surface area contributed by atoms with E-state index in [0.717, 1.165) is 5.56 Å². The third-order valence-corrected chi connectivity index (χ3v) is 5.81. The fraction of sp³-hybridized carbons (Fsp3) is 0.316. The Kier molecular flexibility index (Phi) is 7.85. The van der Waals surface area contributed by atoms with E-state index in [1.807, 2.05) is 36.4 Å². The maximum atomic E-state index is 13.2. The van der Waals surface area contributed by atoms with E-state index in [9.17, 15) is 9.36 Å². The molecule has 1 N–H and O–H groups in total. The Morgan fingerprint density at radius 1 is 0.962 bits per heavy atom. The van der Waals surface area contributed by atoms with Gasteiger partial charge in [0.05, 0.1) is 13.2 Å². The number of rotatable bonds is 9. The van der Waals surface area contributed by atoms with Crippen molar-refractivity contribution < 1.29 is 23.1 Å². The molecule has 2 aromatic carbocycles. The third kappa shape index (κ3) is 5.70. The molecule has 7 heteroatoms. The lowest BCUT2D eigenvalue weighted by Gasteiger charge is -2.27. The lowest BCUT2D eigenvalue weighted by molar-refractivity contribution is 0.134. The minimum absolute atomic E-state index is 0.113. The van der Waals surface area contributed by atoms with Crippen LogP contribution in [-0.2, 0) is 25.0 Å². The van der Waals surface area contributed by atoms with Crippen LogP contribution in [0.5, 0.6) is 0 Å². The van der Waals surface area contributed by atoms with Gasteiger partial charge in [0.15, 0.2) is 5.78 Å². The molecular weight excluding hydrogens is 353 g/mol. The number of hydrogen-bond donors (Lipinski definition) is 1. The Morgan fingerprint density at radius 3 is 2.04 bits per heavy atom. The molecule has 0 saturated carbocycles. The van der Waals surface area contributed by atoms with Crippen LogP contribution in [0.4, 0.5) is 4.79 Å². The molecule has 1 amide bonds. The van der Waals surface area contributed by atoms with Crippen molar-refractivity contribution in [3.63, 3.8) is 0 Å². The minimum atomic E-state index is -3.61. The van der Waals surface area contributed by atoms with Gasteiger partial charge in [-0.2, -0.15) is 0 Å². The van der Waals surface area contributed by atoms with E-state index in [0.29, 0.717) is 5.56 Å². The second kappa shape index (κ2) is 10.1. The fourth-order valence-electron chi connectivity index (χ4n) is 2.40. The molecule has 0 fully saturated rings. The van der Waals surface area contributed by atoms with Crippen LogP contribution < -0.4 is 5.32 Å². The number of benzene rings is 2. The Balaban J connectivity index is 2.15. The Hall–Kier alpha value is -2.14. The first-order valence-electron chi connectivity index (χ1n) is 8.50. The van der Waals surface area contributed by atoms with Crippen LogP contribution in [-0.4, -0.2) is 19.3 Å². The molecule has 0 aliphatic rings. The van der Waals surface area contributed by atoms with Gasteiger partial charge in [0.1, 0.15) is 6.61 Å². The van der Waals surface area contributed by atoms with Gasteiger partial charge in [-0.25, -0.2) is 4.79 Å². The molecule has 1 unspecified atom stereocenters. The summed E-state index contributed by atoms with van der Waals surface area (Å²) in [5.41, 5.74) is 1.48. The number of alkyl carbamates (subject to hydrolysis) is 1. The van der Waals surface area contributed by atoms with Gasteiger partial charge in [0, 0.05) is 0 Å². The fourth-order valence-corrected chi connectivity index (χ4v) is 4.30. The number of hydrogen-bond acceptors (Lipinski definition) is 5. The van der Waals surface area contributed by atoms with Crippen molar-refractivity contribution >= 4 is 13.7 Å². The number of amides is 1. The van der Waals surface area contributed by atoms with Crippen LogP contribution in [0.25, 0.3) is 0 Å². The zero-order valence-electron chi connectivity index (χ0n) is 15.0. The normalized spacial score (nSPS) is 12.4. The maximum absolute atomic E-state index is 13.2. The summed E-state index contributed by atoms with van der Waals surface area (Å²) in [5, 5.41) is 2.64. The Morgan fingerprint density at radius 2 is 1.50 bits per heavy atom. The second-order valence-electron chi connectivity index (χ2n) is 5.39. The van der Waals surface area contributed by atoms with Crippen molar-refractivity contribution in [3.05, 3.63) is 71.8 Å². The van der Waals surface area contributed by atoms with Crippen molar-refractivity contribution in [2.75, 3.05) is 13.2 Å². The minimum Gasteiger partial charge on any atom is -0.445 e. The molecule has 2 aromatic rings. The van der Waals surface area contributed by atoms with Gasteiger partial charge in [-0.05, 0) is 25.0 Å². The topological polar surface area (TPSA) is 73.9 Å². The highest BCUT2D eigenvalue weighted by Gasteiger charge is 2.38. The highest BCUT2D eigenvalue weighted by molar-refractivity contribution is 7.54. The highest BCUT2D eigenvalue weighted by Crippen LogP contribution is 2.59. The van der Waals surface area contributed by atoms with Crippen molar-refractivity contribution in [1.29, 1.82) is 0 Å². The van der Waals surface area contributed by atoms with E-state index in [-0.39, 0.29) is 19.8 Å². The maximum Gasteiger partial charge on any atom is 0.408 e. The first-order chi connectivity index (χ1) is 12.6. The lowest BCUT2D eigenvalue weighted by atomic mass is 10.2. The molecule has 1 atom stereocenters. The number of ether oxygens (including phenoxy) is 1. The van der Waals surface area contributed by atoms with Crippen LogP contribution in [0.1, 0.15) is 30.8 Å². The van der Waals surface area contributed by atoms with Crippen molar-refractivity contribution in [2.45, 2.75) is 26.2 Å².